The van der Waals surface area contributed by atoms with Gasteiger partial charge in [0.05, 0.1) is 0 Å². The van der Waals surface area contributed by atoms with Crippen molar-refractivity contribution >= 4 is 23.1 Å². The summed E-state index contributed by atoms with van der Waals surface area (Å²) in [6.07, 6.45) is 4.41. The first kappa shape index (κ1) is 24.5. The van der Waals surface area contributed by atoms with Gasteiger partial charge in [0, 0.05) is 33.7 Å². The summed E-state index contributed by atoms with van der Waals surface area (Å²) in [7, 11) is 0. The Labute approximate surface area is 194 Å². The molecule has 5 heteroatoms. The molecule has 2 aromatic carbocycles. The summed E-state index contributed by atoms with van der Waals surface area (Å²) in [5.74, 6) is -1.53. The van der Waals surface area contributed by atoms with Crippen LogP contribution in [0, 0.1) is 48.0 Å². The van der Waals surface area contributed by atoms with Crippen LogP contribution in [0.4, 0.5) is 18.9 Å². The zero-order valence-corrected chi connectivity index (χ0v) is 20.0. The predicted octanol–water partition coefficient (Wildman–Crippen LogP) is 8.46. The van der Waals surface area contributed by atoms with E-state index in [1.165, 1.54) is 16.9 Å². The molecule has 2 aromatic rings. The van der Waals surface area contributed by atoms with Crippen LogP contribution in [0.25, 0.3) is 5.70 Å². The number of halogens is 3. The maximum absolute atomic E-state index is 13.6. The normalized spacial score (nSPS) is 23.7. The summed E-state index contributed by atoms with van der Waals surface area (Å²) < 4.78 is 40.4. The molecule has 0 saturated heterocycles. The Morgan fingerprint density at radius 1 is 1.19 bits per heavy atom. The molecule has 0 amide bonds. The van der Waals surface area contributed by atoms with Crippen molar-refractivity contribution in [2.45, 2.75) is 50.7 Å². The molecule has 0 heterocycles. The van der Waals surface area contributed by atoms with Crippen LogP contribution in [-0.2, 0) is 0 Å². The van der Waals surface area contributed by atoms with Crippen molar-refractivity contribution in [1.82, 2.24) is 0 Å². The second kappa shape index (κ2) is 10.2. The largest absolute Gasteiger partial charge is 0.355 e. The number of allylic oxidation sites excluding steroid dienone is 1. The van der Waals surface area contributed by atoms with Crippen molar-refractivity contribution in [3.63, 3.8) is 0 Å². The van der Waals surface area contributed by atoms with Gasteiger partial charge in [-0.25, -0.2) is 13.2 Å². The van der Waals surface area contributed by atoms with Crippen molar-refractivity contribution in [3.05, 3.63) is 78.1 Å². The molecule has 0 spiro atoms. The lowest BCUT2D eigenvalue weighted by atomic mass is 9.93. The fourth-order valence-corrected chi connectivity index (χ4v) is 6.16. The van der Waals surface area contributed by atoms with Crippen molar-refractivity contribution in [2.75, 3.05) is 5.32 Å². The van der Waals surface area contributed by atoms with Gasteiger partial charge >= 0.3 is 0 Å². The third-order valence-corrected chi connectivity index (χ3v) is 8.49. The average Bonchev–Trinajstić information content (AvgIpc) is 3.00. The number of nitrogens with one attached hydrogen (secondary N) is 1. The van der Waals surface area contributed by atoms with Gasteiger partial charge in [-0.2, -0.15) is 0 Å². The van der Waals surface area contributed by atoms with Gasteiger partial charge in [0.1, 0.15) is 0 Å². The van der Waals surface area contributed by atoms with E-state index in [4.69, 9.17) is 0 Å². The standard InChI is InChI=1S/C27H32F3NS/c1-7-15(2)10-21-11-17(4)18(5)27(21)32-25-12-20(9-8-16(25)3)19(6)31-22-13-23(28)26(30)24(29)14-22/h7-9,12-15,17-18,21,27,31H,1,6,10-11H2,2-5H3. The van der Waals surface area contributed by atoms with Crippen LogP contribution in [-0.4, -0.2) is 5.25 Å². The summed E-state index contributed by atoms with van der Waals surface area (Å²) in [5.41, 5.74) is 2.64. The van der Waals surface area contributed by atoms with E-state index >= 15 is 0 Å². The Hall–Kier alpha value is -2.14. The Kier molecular flexibility index (Phi) is 7.81. The zero-order valence-electron chi connectivity index (χ0n) is 19.2. The highest BCUT2D eigenvalue weighted by molar-refractivity contribution is 8.00. The second-order valence-electron chi connectivity index (χ2n) is 9.20. The van der Waals surface area contributed by atoms with Crippen LogP contribution in [0.3, 0.4) is 0 Å². The monoisotopic (exact) mass is 459 g/mol. The number of hydrogen-bond donors (Lipinski definition) is 1. The summed E-state index contributed by atoms with van der Waals surface area (Å²) in [6.45, 7) is 17.0. The lowest BCUT2D eigenvalue weighted by Gasteiger charge is -2.25. The lowest BCUT2D eigenvalue weighted by molar-refractivity contribution is 0.435. The number of benzene rings is 2. The summed E-state index contributed by atoms with van der Waals surface area (Å²) in [6, 6.07) is 7.92. The van der Waals surface area contributed by atoms with Crippen LogP contribution in [0.5, 0.6) is 0 Å². The van der Waals surface area contributed by atoms with E-state index in [9.17, 15) is 13.2 Å². The second-order valence-corrected chi connectivity index (χ2v) is 10.4. The van der Waals surface area contributed by atoms with E-state index < -0.39 is 17.5 Å². The molecular formula is C27H32F3NS. The van der Waals surface area contributed by atoms with Gasteiger partial charge in [-0.3, -0.25) is 0 Å². The molecule has 32 heavy (non-hydrogen) atoms. The van der Waals surface area contributed by atoms with Gasteiger partial charge in [0.2, 0.25) is 0 Å². The van der Waals surface area contributed by atoms with Crippen molar-refractivity contribution in [2.24, 2.45) is 23.7 Å². The minimum atomic E-state index is -1.48. The maximum atomic E-state index is 13.6. The average molecular weight is 460 g/mol. The van der Waals surface area contributed by atoms with Crippen molar-refractivity contribution in [3.8, 4) is 0 Å². The Bertz CT molecular complexity index is 979. The van der Waals surface area contributed by atoms with Crippen molar-refractivity contribution < 1.29 is 13.2 Å². The molecule has 0 radical (unpaired) electrons. The molecule has 1 N–H and O–H groups in total. The van der Waals surface area contributed by atoms with E-state index in [2.05, 4.69) is 52.2 Å². The van der Waals surface area contributed by atoms with Crippen LogP contribution in [0.15, 0.2) is 54.5 Å². The molecule has 1 saturated carbocycles. The van der Waals surface area contributed by atoms with E-state index in [0.29, 0.717) is 34.6 Å². The molecule has 0 aromatic heterocycles. The Morgan fingerprint density at radius 2 is 1.84 bits per heavy atom. The highest BCUT2D eigenvalue weighted by Crippen LogP contribution is 2.48. The summed E-state index contributed by atoms with van der Waals surface area (Å²) in [4.78, 5) is 1.18. The zero-order chi connectivity index (χ0) is 23.6. The van der Waals surface area contributed by atoms with E-state index in [1.807, 2.05) is 30.0 Å². The highest BCUT2D eigenvalue weighted by Gasteiger charge is 2.39. The van der Waals surface area contributed by atoms with E-state index in [0.717, 1.165) is 24.1 Å². The molecule has 0 bridgehead atoms. The number of thioether (sulfide) groups is 1. The molecule has 5 unspecified atom stereocenters. The van der Waals surface area contributed by atoms with Gasteiger partial charge in [0.25, 0.3) is 0 Å². The van der Waals surface area contributed by atoms with Gasteiger partial charge < -0.3 is 5.32 Å². The van der Waals surface area contributed by atoms with Crippen LogP contribution in [0.2, 0.25) is 0 Å². The smallest absolute Gasteiger partial charge is 0.194 e. The van der Waals surface area contributed by atoms with Crippen molar-refractivity contribution in [1.29, 1.82) is 0 Å². The Morgan fingerprint density at radius 3 is 2.47 bits per heavy atom. The highest BCUT2D eigenvalue weighted by atomic mass is 32.2. The number of hydrogen-bond acceptors (Lipinski definition) is 2. The molecule has 3 rings (SSSR count). The number of rotatable bonds is 8. The maximum Gasteiger partial charge on any atom is 0.194 e. The first-order valence-electron chi connectivity index (χ1n) is 11.1. The van der Waals surface area contributed by atoms with E-state index in [1.54, 1.807) is 0 Å². The Balaban J connectivity index is 1.80. The molecule has 5 atom stereocenters. The summed E-state index contributed by atoms with van der Waals surface area (Å²) in [5, 5.41) is 3.42. The summed E-state index contributed by atoms with van der Waals surface area (Å²) >= 11 is 1.92. The fraction of sp³-hybridized carbons (Fsp3) is 0.407. The van der Waals surface area contributed by atoms with E-state index in [-0.39, 0.29) is 5.69 Å². The first-order chi connectivity index (χ1) is 15.1. The molecule has 0 aliphatic heterocycles. The molecule has 1 fully saturated rings. The van der Waals surface area contributed by atoms with Gasteiger partial charge in [0.15, 0.2) is 17.5 Å². The predicted molar refractivity (Wildman–Crippen MR) is 130 cm³/mol. The van der Waals surface area contributed by atoms with Gasteiger partial charge in [-0.05, 0) is 60.6 Å². The molecular weight excluding hydrogens is 427 g/mol. The molecule has 1 nitrogen and oxygen atoms in total. The first-order valence-corrected chi connectivity index (χ1v) is 12.0. The third kappa shape index (κ3) is 5.43. The quantitative estimate of drug-likeness (QED) is 0.314. The minimum Gasteiger partial charge on any atom is -0.355 e. The van der Waals surface area contributed by atoms with Crippen LogP contribution < -0.4 is 5.32 Å². The van der Waals surface area contributed by atoms with Crippen LogP contribution in [0.1, 0.15) is 44.7 Å². The SMILES string of the molecule is C=CC(C)CC1CC(C)C(C)C1Sc1cc(C(=C)Nc2cc(F)c(F)c(F)c2)ccc1C. The molecule has 1 aliphatic carbocycles. The molecule has 1 aliphatic rings. The third-order valence-electron chi connectivity index (χ3n) is 6.71. The topological polar surface area (TPSA) is 12.0 Å². The lowest BCUT2D eigenvalue weighted by Crippen LogP contribution is -2.19. The van der Waals surface area contributed by atoms with Crippen LogP contribution >= 0.6 is 11.8 Å². The fourth-order valence-electron chi connectivity index (χ4n) is 4.52. The number of aryl methyl sites for hydroxylation is 1. The van der Waals surface area contributed by atoms with Gasteiger partial charge in [-0.15, -0.1) is 18.3 Å². The number of anilines is 1. The van der Waals surface area contributed by atoms with Gasteiger partial charge in [-0.1, -0.05) is 45.6 Å². The molecule has 172 valence electrons. The minimum absolute atomic E-state index is 0.123.